The van der Waals surface area contributed by atoms with Gasteiger partial charge in [0.1, 0.15) is 0 Å². The normalized spacial score (nSPS) is 17.8. The van der Waals surface area contributed by atoms with E-state index in [0.717, 1.165) is 30.5 Å². The zero-order chi connectivity index (χ0) is 15.7. The lowest BCUT2D eigenvalue weighted by Crippen LogP contribution is -2.28. The Bertz CT molecular complexity index is 794. The molecule has 0 aliphatic heterocycles. The van der Waals surface area contributed by atoms with Crippen LogP contribution in [0, 0.1) is 5.92 Å². The third-order valence-corrected chi connectivity index (χ3v) is 5.04. The third kappa shape index (κ3) is 3.04. The quantitative estimate of drug-likeness (QED) is 0.898. The lowest BCUT2D eigenvalue weighted by Gasteiger charge is -2.20. The molecule has 7 heteroatoms. The number of rotatable bonds is 3. The Morgan fingerprint density at radius 1 is 1.32 bits per heavy atom. The molecule has 6 nitrogen and oxygen atoms in total. The molecule has 3 rings (SSSR count). The van der Waals surface area contributed by atoms with Crippen molar-refractivity contribution in [3.05, 3.63) is 42.0 Å². The Morgan fingerprint density at radius 3 is 2.73 bits per heavy atom. The molecule has 2 N–H and O–H groups in total. The molecule has 1 atom stereocenters. The van der Waals surface area contributed by atoms with Crippen molar-refractivity contribution < 1.29 is 13.2 Å². The second-order valence-corrected chi connectivity index (χ2v) is 7.57. The number of sulfone groups is 1. The van der Waals surface area contributed by atoms with E-state index in [-0.39, 0.29) is 16.7 Å². The van der Waals surface area contributed by atoms with Crippen LogP contribution in [0.25, 0.3) is 0 Å². The van der Waals surface area contributed by atoms with Crippen LogP contribution in [0.5, 0.6) is 0 Å². The number of aromatic amines is 1. The van der Waals surface area contributed by atoms with Crippen LogP contribution >= 0.6 is 0 Å². The van der Waals surface area contributed by atoms with E-state index in [2.05, 4.69) is 15.3 Å². The van der Waals surface area contributed by atoms with Crippen molar-refractivity contribution in [2.45, 2.75) is 24.2 Å². The molecule has 2 aromatic rings. The molecule has 0 saturated carbocycles. The van der Waals surface area contributed by atoms with Crippen LogP contribution in [-0.2, 0) is 27.5 Å². The molecule has 22 heavy (non-hydrogen) atoms. The molecule has 1 unspecified atom stereocenters. The molecule has 1 aromatic carbocycles. The minimum atomic E-state index is -3.22. The van der Waals surface area contributed by atoms with Crippen LogP contribution in [0.2, 0.25) is 0 Å². The van der Waals surface area contributed by atoms with Gasteiger partial charge in [0.05, 0.1) is 16.9 Å². The highest BCUT2D eigenvalue weighted by Crippen LogP contribution is 2.24. The van der Waals surface area contributed by atoms with Gasteiger partial charge < -0.3 is 10.3 Å². The van der Waals surface area contributed by atoms with Crippen LogP contribution in [-0.4, -0.2) is 30.5 Å². The lowest BCUT2D eigenvalue weighted by molar-refractivity contribution is -0.120. The first-order valence-electron chi connectivity index (χ1n) is 7.05. The van der Waals surface area contributed by atoms with E-state index < -0.39 is 9.84 Å². The Hall–Kier alpha value is -2.15. The van der Waals surface area contributed by atoms with Crippen LogP contribution < -0.4 is 5.32 Å². The van der Waals surface area contributed by atoms with Crippen LogP contribution in [0.15, 0.2) is 35.5 Å². The number of amides is 1. The smallest absolute Gasteiger partial charge is 0.227 e. The molecule has 0 bridgehead atoms. The van der Waals surface area contributed by atoms with Crippen molar-refractivity contribution in [2.75, 3.05) is 11.6 Å². The maximum atomic E-state index is 12.3. The van der Waals surface area contributed by atoms with E-state index in [4.69, 9.17) is 0 Å². The fourth-order valence-electron chi connectivity index (χ4n) is 2.65. The zero-order valence-corrected chi connectivity index (χ0v) is 13.0. The number of anilines is 1. The summed E-state index contributed by atoms with van der Waals surface area (Å²) in [4.78, 5) is 19.9. The molecule has 1 amide bonds. The number of nitrogens with zero attached hydrogens (tertiary/aromatic N) is 1. The monoisotopic (exact) mass is 319 g/mol. The van der Waals surface area contributed by atoms with Gasteiger partial charge in [-0.3, -0.25) is 4.79 Å². The van der Waals surface area contributed by atoms with Crippen molar-refractivity contribution in [1.29, 1.82) is 0 Å². The van der Waals surface area contributed by atoms with E-state index in [1.54, 1.807) is 18.5 Å². The molecule has 1 aromatic heterocycles. The molecular weight excluding hydrogens is 302 g/mol. The van der Waals surface area contributed by atoms with E-state index in [1.165, 1.54) is 12.1 Å². The highest BCUT2D eigenvalue weighted by Gasteiger charge is 2.26. The van der Waals surface area contributed by atoms with Gasteiger partial charge in [0.2, 0.25) is 5.91 Å². The Morgan fingerprint density at radius 2 is 2.05 bits per heavy atom. The molecule has 1 aliphatic rings. The number of H-pyrrole nitrogens is 1. The molecule has 1 aliphatic carbocycles. The summed E-state index contributed by atoms with van der Waals surface area (Å²) >= 11 is 0. The maximum Gasteiger partial charge on any atom is 0.227 e. The van der Waals surface area contributed by atoms with Crippen LogP contribution in [0.4, 0.5) is 5.69 Å². The highest BCUT2D eigenvalue weighted by molar-refractivity contribution is 7.90. The summed E-state index contributed by atoms with van der Waals surface area (Å²) in [5.41, 5.74) is 2.67. The number of aryl methyl sites for hydroxylation is 1. The molecule has 0 radical (unpaired) electrons. The molecule has 116 valence electrons. The van der Waals surface area contributed by atoms with E-state index in [0.29, 0.717) is 12.1 Å². The number of aromatic nitrogens is 2. The summed E-state index contributed by atoms with van der Waals surface area (Å²) in [7, 11) is -3.22. The summed E-state index contributed by atoms with van der Waals surface area (Å²) in [6, 6.07) is 6.22. The highest BCUT2D eigenvalue weighted by atomic mass is 32.2. The Balaban J connectivity index is 1.67. The SMILES string of the molecule is CS(=O)(=O)c1ccc(NC(=O)C2CCc3nc[nH]c3C2)cc1. The first-order chi connectivity index (χ1) is 10.4. The minimum absolute atomic E-state index is 0.0487. The molecule has 1 heterocycles. The summed E-state index contributed by atoms with van der Waals surface area (Å²) < 4.78 is 22.8. The predicted molar refractivity (Wildman–Crippen MR) is 82.3 cm³/mol. The summed E-state index contributed by atoms with van der Waals surface area (Å²) in [5.74, 6) is -0.144. The van der Waals surface area contributed by atoms with Gasteiger partial charge in [-0.25, -0.2) is 13.4 Å². The topological polar surface area (TPSA) is 91.9 Å². The summed E-state index contributed by atoms with van der Waals surface area (Å²) in [6.45, 7) is 0. The maximum absolute atomic E-state index is 12.3. The minimum Gasteiger partial charge on any atom is -0.348 e. The average Bonchev–Trinajstić information content (AvgIpc) is 2.94. The number of hydrogen-bond acceptors (Lipinski definition) is 4. The Labute approximate surface area is 128 Å². The van der Waals surface area contributed by atoms with Gasteiger partial charge in [-0.1, -0.05) is 0 Å². The number of fused-ring (bicyclic) bond motifs is 1. The van der Waals surface area contributed by atoms with Gasteiger partial charge in [0, 0.05) is 30.0 Å². The fraction of sp³-hybridized carbons (Fsp3) is 0.333. The van der Waals surface area contributed by atoms with Gasteiger partial charge in [-0.05, 0) is 37.1 Å². The standard InChI is InChI=1S/C15H17N3O3S/c1-22(20,21)12-5-3-11(4-6-12)18-15(19)10-2-7-13-14(8-10)17-9-16-13/h3-6,9-10H,2,7-8H2,1H3,(H,16,17)(H,18,19). The lowest BCUT2D eigenvalue weighted by atomic mass is 9.89. The zero-order valence-electron chi connectivity index (χ0n) is 12.2. The van der Waals surface area contributed by atoms with Crippen molar-refractivity contribution in [3.63, 3.8) is 0 Å². The van der Waals surface area contributed by atoms with E-state index in [1.807, 2.05) is 0 Å². The summed E-state index contributed by atoms with van der Waals surface area (Å²) in [6.07, 6.45) is 5.04. The van der Waals surface area contributed by atoms with Crippen molar-refractivity contribution in [3.8, 4) is 0 Å². The van der Waals surface area contributed by atoms with Crippen molar-refractivity contribution in [2.24, 2.45) is 5.92 Å². The van der Waals surface area contributed by atoms with Gasteiger partial charge in [-0.15, -0.1) is 0 Å². The van der Waals surface area contributed by atoms with Gasteiger partial charge in [0.25, 0.3) is 0 Å². The Kier molecular flexibility index (Phi) is 3.74. The third-order valence-electron chi connectivity index (χ3n) is 3.91. The largest absolute Gasteiger partial charge is 0.348 e. The molecule has 0 fully saturated rings. The van der Waals surface area contributed by atoms with Gasteiger partial charge >= 0.3 is 0 Å². The van der Waals surface area contributed by atoms with Gasteiger partial charge in [-0.2, -0.15) is 0 Å². The summed E-state index contributed by atoms with van der Waals surface area (Å²) in [5, 5.41) is 2.85. The number of carbonyl (C=O) groups is 1. The first-order valence-corrected chi connectivity index (χ1v) is 8.95. The number of nitrogens with one attached hydrogen (secondary N) is 2. The van der Waals surface area contributed by atoms with Crippen LogP contribution in [0.3, 0.4) is 0 Å². The number of benzene rings is 1. The fourth-order valence-corrected chi connectivity index (χ4v) is 3.28. The predicted octanol–water partition coefficient (Wildman–Crippen LogP) is 1.56. The molecule has 0 spiro atoms. The van der Waals surface area contributed by atoms with Crippen molar-refractivity contribution in [1.82, 2.24) is 9.97 Å². The first kappa shape index (κ1) is 14.8. The van der Waals surface area contributed by atoms with Gasteiger partial charge in [0.15, 0.2) is 9.84 Å². The second kappa shape index (κ2) is 5.57. The number of hydrogen-bond donors (Lipinski definition) is 2. The van der Waals surface area contributed by atoms with E-state index >= 15 is 0 Å². The van der Waals surface area contributed by atoms with Crippen LogP contribution in [0.1, 0.15) is 17.8 Å². The number of imidazole rings is 1. The second-order valence-electron chi connectivity index (χ2n) is 5.55. The molecular formula is C15H17N3O3S. The number of carbonyl (C=O) groups excluding carboxylic acids is 1. The van der Waals surface area contributed by atoms with Crippen molar-refractivity contribution >= 4 is 21.4 Å². The van der Waals surface area contributed by atoms with E-state index in [9.17, 15) is 13.2 Å². The molecule has 0 saturated heterocycles. The average molecular weight is 319 g/mol.